The normalized spacial score (nSPS) is 9.67. The summed E-state index contributed by atoms with van der Waals surface area (Å²) in [5.41, 5.74) is 7.27. The van der Waals surface area contributed by atoms with E-state index in [1.807, 2.05) is 6.92 Å². The van der Waals surface area contributed by atoms with Crippen LogP contribution < -0.4 is 15.6 Å². The molecule has 0 N–H and O–H groups in total. The summed E-state index contributed by atoms with van der Waals surface area (Å²) in [5, 5.41) is 3.08. The highest BCUT2D eigenvalue weighted by molar-refractivity contribution is 5.57. The van der Waals surface area contributed by atoms with Gasteiger partial charge >= 0.3 is 0 Å². The summed E-state index contributed by atoms with van der Waals surface area (Å²) >= 11 is 0. The molecule has 0 atom stereocenters. The molecule has 0 aromatic heterocycles. The maximum Gasteiger partial charge on any atom is 0.268 e. The Hall–Kier alpha value is -2.07. The van der Waals surface area contributed by atoms with Gasteiger partial charge in [0, 0.05) is 11.3 Å². The molecule has 0 spiro atoms. The summed E-state index contributed by atoms with van der Waals surface area (Å²) in [6.45, 7) is 5.72. The number of nitrogens with zero attached hydrogens (tertiary/aromatic N) is 3. The standard InChI is InChI=1S/C9H9N3O3/c1-5(2)3-4-15-9-6(11-12-10)7(13)8(9)14/h1,3-4H2,2H3. The maximum absolute atomic E-state index is 11.0. The molecular weight excluding hydrogens is 198 g/mol. The summed E-state index contributed by atoms with van der Waals surface area (Å²) in [6, 6.07) is 0. The van der Waals surface area contributed by atoms with Crippen molar-refractivity contribution in [3.8, 4) is 5.75 Å². The van der Waals surface area contributed by atoms with Crippen LogP contribution >= 0.6 is 0 Å². The van der Waals surface area contributed by atoms with E-state index < -0.39 is 10.9 Å². The Balaban J connectivity index is 2.74. The molecule has 0 saturated carbocycles. The minimum Gasteiger partial charge on any atom is -0.488 e. The molecular formula is C9H9N3O3. The third-order valence-electron chi connectivity index (χ3n) is 1.76. The Morgan fingerprint density at radius 2 is 2.20 bits per heavy atom. The van der Waals surface area contributed by atoms with Gasteiger partial charge in [-0.3, -0.25) is 9.59 Å². The fourth-order valence-electron chi connectivity index (χ4n) is 0.956. The zero-order valence-corrected chi connectivity index (χ0v) is 8.19. The topological polar surface area (TPSA) is 92.1 Å². The lowest BCUT2D eigenvalue weighted by atomic mass is 10.2. The van der Waals surface area contributed by atoms with Gasteiger partial charge < -0.3 is 4.74 Å². The Morgan fingerprint density at radius 3 is 2.73 bits per heavy atom. The SMILES string of the molecule is C=C(C)CCOc1c(N=[N+]=[N-])c(=O)c1=O. The van der Waals surface area contributed by atoms with Crippen molar-refractivity contribution in [2.75, 3.05) is 6.61 Å². The Kier molecular flexibility index (Phi) is 3.25. The van der Waals surface area contributed by atoms with Gasteiger partial charge in [0.15, 0.2) is 5.75 Å². The first kappa shape index (κ1) is 11.0. The van der Waals surface area contributed by atoms with E-state index in [9.17, 15) is 9.59 Å². The van der Waals surface area contributed by atoms with Crippen molar-refractivity contribution in [3.05, 3.63) is 43.0 Å². The van der Waals surface area contributed by atoms with Crippen LogP contribution in [-0.2, 0) is 0 Å². The van der Waals surface area contributed by atoms with Crippen LogP contribution in [0.15, 0.2) is 26.9 Å². The summed E-state index contributed by atoms with van der Waals surface area (Å²) in [4.78, 5) is 24.3. The summed E-state index contributed by atoms with van der Waals surface area (Å²) < 4.78 is 5.02. The lowest BCUT2D eigenvalue weighted by Gasteiger charge is -2.08. The lowest BCUT2D eigenvalue weighted by molar-refractivity contribution is 0.316. The van der Waals surface area contributed by atoms with Gasteiger partial charge in [0.05, 0.1) is 6.61 Å². The first-order valence-electron chi connectivity index (χ1n) is 4.23. The summed E-state index contributed by atoms with van der Waals surface area (Å²) in [7, 11) is 0. The van der Waals surface area contributed by atoms with Gasteiger partial charge in [-0.2, -0.15) is 0 Å². The van der Waals surface area contributed by atoms with Gasteiger partial charge in [-0.05, 0) is 12.5 Å². The van der Waals surface area contributed by atoms with E-state index in [0.29, 0.717) is 6.42 Å². The second kappa shape index (κ2) is 4.43. The molecule has 0 aliphatic rings. The minimum atomic E-state index is -0.793. The van der Waals surface area contributed by atoms with E-state index in [-0.39, 0.29) is 18.0 Å². The fourth-order valence-corrected chi connectivity index (χ4v) is 0.956. The molecule has 0 bridgehead atoms. The second-order valence-corrected chi connectivity index (χ2v) is 3.08. The molecule has 0 fully saturated rings. The molecule has 0 unspecified atom stereocenters. The average molecular weight is 207 g/mol. The molecule has 6 nitrogen and oxygen atoms in total. The third-order valence-corrected chi connectivity index (χ3v) is 1.76. The van der Waals surface area contributed by atoms with Gasteiger partial charge in [-0.1, -0.05) is 10.7 Å². The van der Waals surface area contributed by atoms with E-state index >= 15 is 0 Å². The third kappa shape index (κ3) is 2.24. The number of rotatable bonds is 5. The van der Waals surface area contributed by atoms with Gasteiger partial charge in [0.1, 0.15) is 5.69 Å². The van der Waals surface area contributed by atoms with E-state index in [2.05, 4.69) is 16.6 Å². The van der Waals surface area contributed by atoms with E-state index in [1.165, 1.54) is 0 Å². The highest BCUT2D eigenvalue weighted by Crippen LogP contribution is 2.21. The Bertz CT molecular complexity index is 505. The van der Waals surface area contributed by atoms with Crippen molar-refractivity contribution >= 4 is 5.69 Å². The number of hydrogen-bond acceptors (Lipinski definition) is 4. The smallest absolute Gasteiger partial charge is 0.268 e. The molecule has 78 valence electrons. The molecule has 0 saturated heterocycles. The molecule has 1 rings (SSSR count). The van der Waals surface area contributed by atoms with Crippen LogP contribution in [0, 0.1) is 0 Å². The molecule has 0 aliphatic carbocycles. The van der Waals surface area contributed by atoms with Crippen molar-refractivity contribution in [1.82, 2.24) is 0 Å². The first-order chi connectivity index (χ1) is 7.07. The fraction of sp³-hybridized carbons (Fsp3) is 0.333. The van der Waals surface area contributed by atoms with Gasteiger partial charge in [-0.15, -0.1) is 6.58 Å². The van der Waals surface area contributed by atoms with Gasteiger partial charge in [-0.25, -0.2) is 0 Å². The molecule has 0 radical (unpaired) electrons. The predicted octanol–water partition coefficient (Wildman–Crippen LogP) is 1.57. The molecule has 1 aromatic carbocycles. The monoisotopic (exact) mass is 207 g/mol. The highest BCUT2D eigenvalue weighted by atomic mass is 16.5. The van der Waals surface area contributed by atoms with Crippen LogP contribution in [0.2, 0.25) is 0 Å². The first-order valence-corrected chi connectivity index (χ1v) is 4.23. The molecule has 6 heteroatoms. The predicted molar refractivity (Wildman–Crippen MR) is 55.1 cm³/mol. The molecule has 1 aromatic rings. The molecule has 0 amide bonds. The van der Waals surface area contributed by atoms with Gasteiger partial charge in [0.2, 0.25) is 5.43 Å². The average Bonchev–Trinajstić information content (AvgIpc) is 2.21. The van der Waals surface area contributed by atoms with Crippen LogP contribution in [-0.4, -0.2) is 6.61 Å². The number of azide groups is 1. The van der Waals surface area contributed by atoms with Crippen molar-refractivity contribution in [2.45, 2.75) is 13.3 Å². The number of hydrogen-bond donors (Lipinski definition) is 0. The lowest BCUT2D eigenvalue weighted by Crippen LogP contribution is -2.32. The minimum absolute atomic E-state index is 0.140. The van der Waals surface area contributed by atoms with Crippen LogP contribution in [0.4, 0.5) is 5.69 Å². The summed E-state index contributed by atoms with van der Waals surface area (Å²) in [6.07, 6.45) is 0.578. The second-order valence-electron chi connectivity index (χ2n) is 3.08. The zero-order valence-electron chi connectivity index (χ0n) is 8.19. The van der Waals surface area contributed by atoms with Crippen LogP contribution in [0.1, 0.15) is 13.3 Å². The van der Waals surface area contributed by atoms with Gasteiger partial charge in [0.25, 0.3) is 5.43 Å². The summed E-state index contributed by atoms with van der Waals surface area (Å²) in [5.74, 6) is -0.140. The van der Waals surface area contributed by atoms with Crippen molar-refractivity contribution in [2.24, 2.45) is 5.11 Å². The van der Waals surface area contributed by atoms with E-state index in [1.54, 1.807) is 0 Å². The van der Waals surface area contributed by atoms with E-state index in [0.717, 1.165) is 5.57 Å². The van der Waals surface area contributed by atoms with Crippen LogP contribution in [0.25, 0.3) is 10.4 Å². The van der Waals surface area contributed by atoms with E-state index in [4.69, 9.17) is 10.3 Å². The molecule has 0 heterocycles. The molecule has 15 heavy (non-hydrogen) atoms. The molecule has 0 aliphatic heterocycles. The quantitative estimate of drug-likeness (QED) is 0.241. The Morgan fingerprint density at radius 1 is 1.53 bits per heavy atom. The van der Waals surface area contributed by atoms with Crippen molar-refractivity contribution in [3.63, 3.8) is 0 Å². The largest absolute Gasteiger partial charge is 0.488 e. The highest BCUT2D eigenvalue weighted by Gasteiger charge is 2.20. The zero-order chi connectivity index (χ0) is 11.4. The maximum atomic E-state index is 11.0. The van der Waals surface area contributed by atoms with Crippen LogP contribution in [0.5, 0.6) is 5.75 Å². The number of ether oxygens (including phenoxy) is 1. The van der Waals surface area contributed by atoms with Crippen molar-refractivity contribution in [1.29, 1.82) is 0 Å². The Labute approximate surface area is 85.1 Å². The van der Waals surface area contributed by atoms with Crippen molar-refractivity contribution < 1.29 is 4.74 Å². The van der Waals surface area contributed by atoms with Crippen LogP contribution in [0.3, 0.4) is 0 Å².